The topological polar surface area (TPSA) is 38.7 Å². The van der Waals surface area contributed by atoms with Crippen LogP contribution in [0.15, 0.2) is 18.5 Å². The first-order valence-electron chi connectivity index (χ1n) is 1.58. The molecule has 0 N–H and O–H groups in total. The highest BCUT2D eigenvalue weighted by molar-refractivity contribution is 4.69. The SMILES string of the molecule is C.c1cnnnc1. The Kier molecular flexibility index (Phi) is 2.76. The third kappa shape index (κ3) is 1.81. The molecular weight excluding hydrogens is 90.1 g/mol. The molecule has 0 aromatic carbocycles. The minimum Gasteiger partial charge on any atom is -0.139 e. The van der Waals surface area contributed by atoms with Crippen molar-refractivity contribution in [2.75, 3.05) is 0 Å². The van der Waals surface area contributed by atoms with Gasteiger partial charge in [0.2, 0.25) is 0 Å². The molecule has 0 amide bonds. The molecule has 0 saturated carbocycles. The normalized spacial score (nSPS) is 6.86. The molecule has 0 spiro atoms. The minimum atomic E-state index is 0. The fourth-order valence-corrected chi connectivity index (χ4v) is 0.205. The second-order valence-electron chi connectivity index (χ2n) is 0.811. The molecule has 3 nitrogen and oxygen atoms in total. The molecule has 3 heteroatoms. The zero-order valence-electron chi connectivity index (χ0n) is 3.07. The van der Waals surface area contributed by atoms with Crippen molar-refractivity contribution >= 4 is 0 Å². The summed E-state index contributed by atoms with van der Waals surface area (Å²) >= 11 is 0. The van der Waals surface area contributed by atoms with Crippen LogP contribution in [0.5, 0.6) is 0 Å². The maximum absolute atomic E-state index is 3.42. The lowest BCUT2D eigenvalue weighted by molar-refractivity contribution is 0.865. The molecule has 1 rings (SSSR count). The quantitative estimate of drug-likeness (QED) is 0.473. The maximum atomic E-state index is 3.42. The average molecular weight is 97.1 g/mol. The van der Waals surface area contributed by atoms with Crippen LogP contribution in [0, 0.1) is 0 Å². The summed E-state index contributed by atoms with van der Waals surface area (Å²) in [6.07, 6.45) is 3.15. The first kappa shape index (κ1) is 6.01. The van der Waals surface area contributed by atoms with E-state index in [9.17, 15) is 0 Å². The van der Waals surface area contributed by atoms with Crippen LogP contribution in [-0.4, -0.2) is 15.4 Å². The summed E-state index contributed by atoms with van der Waals surface area (Å²) in [6.45, 7) is 0. The van der Waals surface area contributed by atoms with Crippen molar-refractivity contribution in [3.8, 4) is 0 Å². The number of hydrogen-bond donors (Lipinski definition) is 0. The van der Waals surface area contributed by atoms with Crippen molar-refractivity contribution < 1.29 is 0 Å². The van der Waals surface area contributed by atoms with E-state index < -0.39 is 0 Å². The van der Waals surface area contributed by atoms with Gasteiger partial charge in [0.1, 0.15) is 0 Å². The summed E-state index contributed by atoms with van der Waals surface area (Å²) in [6, 6.07) is 1.72. The molecule has 0 bridgehead atoms. The van der Waals surface area contributed by atoms with Crippen LogP contribution in [0.2, 0.25) is 0 Å². The van der Waals surface area contributed by atoms with E-state index in [1.807, 2.05) is 0 Å². The number of rotatable bonds is 0. The molecule has 1 heterocycles. The average Bonchev–Trinajstić information content (AvgIpc) is 1.72. The van der Waals surface area contributed by atoms with Gasteiger partial charge in [-0.1, -0.05) is 7.43 Å². The molecule has 0 radical (unpaired) electrons. The van der Waals surface area contributed by atoms with Gasteiger partial charge in [-0.05, 0) is 11.3 Å². The summed E-state index contributed by atoms with van der Waals surface area (Å²) in [7, 11) is 0. The van der Waals surface area contributed by atoms with Crippen molar-refractivity contribution in [2.45, 2.75) is 7.43 Å². The van der Waals surface area contributed by atoms with Gasteiger partial charge in [0.15, 0.2) is 0 Å². The Balaban J connectivity index is 0.000000360. The third-order valence-electron chi connectivity index (χ3n) is 0.409. The van der Waals surface area contributed by atoms with E-state index in [2.05, 4.69) is 15.4 Å². The lowest BCUT2D eigenvalue weighted by Gasteiger charge is -1.68. The Bertz CT molecular complexity index is 78.9. The van der Waals surface area contributed by atoms with Crippen molar-refractivity contribution in [1.82, 2.24) is 15.4 Å². The summed E-state index contributed by atoms with van der Waals surface area (Å²) < 4.78 is 0. The van der Waals surface area contributed by atoms with E-state index >= 15 is 0 Å². The van der Waals surface area contributed by atoms with Gasteiger partial charge < -0.3 is 0 Å². The Morgan fingerprint density at radius 3 is 1.71 bits per heavy atom. The van der Waals surface area contributed by atoms with Crippen LogP contribution in [0.1, 0.15) is 7.43 Å². The van der Waals surface area contributed by atoms with Crippen molar-refractivity contribution in [3.63, 3.8) is 0 Å². The molecule has 0 unspecified atom stereocenters. The number of nitrogens with zero attached hydrogens (tertiary/aromatic N) is 3. The Labute approximate surface area is 42.4 Å². The third-order valence-corrected chi connectivity index (χ3v) is 0.409. The van der Waals surface area contributed by atoms with Gasteiger partial charge in [-0.15, -0.1) is 10.2 Å². The van der Waals surface area contributed by atoms with E-state index in [0.717, 1.165) is 0 Å². The second-order valence-corrected chi connectivity index (χ2v) is 0.811. The van der Waals surface area contributed by atoms with E-state index in [0.29, 0.717) is 0 Å². The highest BCUT2D eigenvalue weighted by Gasteiger charge is 1.60. The van der Waals surface area contributed by atoms with Crippen LogP contribution in [0.4, 0.5) is 0 Å². The van der Waals surface area contributed by atoms with Crippen LogP contribution in [0.25, 0.3) is 0 Å². The first-order valence-corrected chi connectivity index (χ1v) is 1.58. The molecule has 0 saturated heterocycles. The minimum absolute atomic E-state index is 0. The van der Waals surface area contributed by atoms with Crippen LogP contribution in [0.3, 0.4) is 0 Å². The monoisotopic (exact) mass is 97.1 g/mol. The molecule has 0 aliphatic heterocycles. The summed E-state index contributed by atoms with van der Waals surface area (Å²) in [5.41, 5.74) is 0. The Morgan fingerprint density at radius 2 is 1.57 bits per heavy atom. The highest BCUT2D eigenvalue weighted by atomic mass is 15.3. The standard InChI is InChI=1S/C3H3N3.CH4/c1-2-4-6-5-3-1;/h1-3H;1H4. The summed E-state index contributed by atoms with van der Waals surface area (Å²) in [5, 5.41) is 10.1. The smallest absolute Gasteiger partial charge is 0.0529 e. The van der Waals surface area contributed by atoms with Crippen molar-refractivity contribution in [3.05, 3.63) is 18.5 Å². The molecular formula is C4H7N3. The van der Waals surface area contributed by atoms with E-state index in [4.69, 9.17) is 0 Å². The zero-order chi connectivity index (χ0) is 4.24. The lowest BCUT2D eigenvalue weighted by atomic mass is 10.7. The molecule has 0 aliphatic carbocycles. The second kappa shape index (κ2) is 3.21. The molecule has 1 aromatic heterocycles. The van der Waals surface area contributed by atoms with E-state index in [1.54, 1.807) is 18.5 Å². The lowest BCUT2D eigenvalue weighted by Crippen LogP contribution is -1.78. The van der Waals surface area contributed by atoms with Crippen molar-refractivity contribution in [1.29, 1.82) is 0 Å². The molecule has 1 aromatic rings. The Hall–Kier alpha value is -0.990. The van der Waals surface area contributed by atoms with Gasteiger partial charge in [0.05, 0.1) is 12.4 Å². The molecule has 0 atom stereocenters. The van der Waals surface area contributed by atoms with Crippen LogP contribution < -0.4 is 0 Å². The Morgan fingerprint density at radius 1 is 1.00 bits per heavy atom. The van der Waals surface area contributed by atoms with Gasteiger partial charge >= 0.3 is 0 Å². The van der Waals surface area contributed by atoms with Crippen LogP contribution in [-0.2, 0) is 0 Å². The predicted octanol–water partition coefficient (Wildman–Crippen LogP) is 0.508. The van der Waals surface area contributed by atoms with E-state index in [1.165, 1.54) is 0 Å². The molecule has 0 fully saturated rings. The van der Waals surface area contributed by atoms with Gasteiger partial charge in [-0.25, -0.2) is 0 Å². The predicted molar refractivity (Wildman–Crippen MR) is 26.6 cm³/mol. The maximum Gasteiger partial charge on any atom is 0.0529 e. The first-order chi connectivity index (χ1) is 3.00. The van der Waals surface area contributed by atoms with Gasteiger partial charge in [-0.3, -0.25) is 0 Å². The molecule has 0 aliphatic rings. The summed E-state index contributed by atoms with van der Waals surface area (Å²) in [4.78, 5) is 0. The van der Waals surface area contributed by atoms with Crippen molar-refractivity contribution in [2.24, 2.45) is 0 Å². The largest absolute Gasteiger partial charge is 0.139 e. The molecule has 38 valence electrons. The summed E-state index contributed by atoms with van der Waals surface area (Å²) in [5.74, 6) is 0. The molecule has 7 heavy (non-hydrogen) atoms. The fourth-order valence-electron chi connectivity index (χ4n) is 0.205. The van der Waals surface area contributed by atoms with Gasteiger partial charge in [-0.2, -0.15) is 0 Å². The highest BCUT2D eigenvalue weighted by Crippen LogP contribution is 1.61. The van der Waals surface area contributed by atoms with Gasteiger partial charge in [0, 0.05) is 0 Å². The zero-order valence-corrected chi connectivity index (χ0v) is 3.07. The van der Waals surface area contributed by atoms with Gasteiger partial charge in [0.25, 0.3) is 0 Å². The number of aromatic nitrogens is 3. The van der Waals surface area contributed by atoms with Crippen LogP contribution >= 0.6 is 0 Å². The van der Waals surface area contributed by atoms with E-state index in [-0.39, 0.29) is 7.43 Å². The number of hydrogen-bond acceptors (Lipinski definition) is 3. The fraction of sp³-hybridized carbons (Fsp3) is 0.250.